The average molecular weight is 1180 g/mol. The number of phenolic OH excluding ortho intramolecular Hbond substituents is 1. The van der Waals surface area contributed by atoms with Crippen LogP contribution in [0.15, 0.2) is 42.6 Å². The van der Waals surface area contributed by atoms with Crippen LogP contribution in [0, 0.1) is 40.6 Å². The maximum atomic E-state index is 15.7. The molecule has 87 heavy (non-hydrogen) atoms. The van der Waals surface area contributed by atoms with Gasteiger partial charge in [0.05, 0.1) is 49.0 Å². The van der Waals surface area contributed by atoms with E-state index in [9.17, 15) is 30.3 Å². The predicted octanol–water partition coefficient (Wildman–Crippen LogP) is 10.8. The molecule has 14 nitrogen and oxygen atoms in total. The van der Waals surface area contributed by atoms with Gasteiger partial charge in [-0.05, 0) is 206 Å². The van der Waals surface area contributed by atoms with Crippen molar-refractivity contribution in [1.82, 2.24) is 9.88 Å². The number of allylic oxidation sites excluding steroid dienone is 2. The van der Waals surface area contributed by atoms with Gasteiger partial charge in [0.15, 0.2) is 17.5 Å². The van der Waals surface area contributed by atoms with Gasteiger partial charge in [0, 0.05) is 57.6 Å². The zero-order valence-corrected chi connectivity index (χ0v) is 49.7. The highest BCUT2D eigenvalue weighted by Crippen LogP contribution is 2.70. The summed E-state index contributed by atoms with van der Waals surface area (Å²) in [6.07, 6.45) is 26.3. The molecule has 3 spiro atoms. The number of aromatic nitrogens is 1. The van der Waals surface area contributed by atoms with Crippen LogP contribution in [-0.4, -0.2) is 110 Å². The molecule has 13 atom stereocenters. The first-order valence-electron chi connectivity index (χ1n) is 33.0. The first-order chi connectivity index (χ1) is 42.2. The van der Waals surface area contributed by atoms with Crippen LogP contribution in [-0.2, 0) is 51.9 Å². The number of aliphatic hydroxyl groups excluding tert-OH is 2. The minimum absolute atomic E-state index is 0.0414. The van der Waals surface area contributed by atoms with E-state index in [1.807, 2.05) is 18.2 Å². The second-order valence-electron chi connectivity index (χ2n) is 29.6. The Labute approximate surface area is 506 Å². The minimum atomic E-state index is -2.48. The van der Waals surface area contributed by atoms with Crippen molar-refractivity contribution in [3.8, 4) is 29.3 Å². The Morgan fingerprint density at radius 2 is 1.75 bits per heavy atom. The van der Waals surface area contributed by atoms with E-state index in [4.69, 9.17) is 23.7 Å². The van der Waals surface area contributed by atoms with Crippen LogP contribution in [0.4, 0.5) is 0 Å². The highest BCUT2D eigenvalue weighted by molar-refractivity contribution is 6.17. The van der Waals surface area contributed by atoms with Crippen molar-refractivity contribution in [2.24, 2.45) is 28.6 Å². The number of ether oxygens (including phenoxy) is 5. The minimum Gasteiger partial charge on any atom is -0.506 e. The van der Waals surface area contributed by atoms with E-state index in [1.165, 1.54) is 68.1 Å². The molecule has 6 N–H and O–H groups in total. The van der Waals surface area contributed by atoms with Crippen molar-refractivity contribution >= 4 is 45.0 Å². The zero-order chi connectivity index (χ0) is 58.7. The van der Waals surface area contributed by atoms with E-state index < -0.39 is 54.3 Å². The van der Waals surface area contributed by atoms with Crippen molar-refractivity contribution in [2.45, 2.75) is 201 Å². The van der Waals surface area contributed by atoms with Gasteiger partial charge in [-0.2, -0.15) is 0 Å². The van der Waals surface area contributed by atoms with Crippen molar-refractivity contribution in [1.29, 1.82) is 0 Å². The van der Waals surface area contributed by atoms with Gasteiger partial charge in [-0.15, -0.1) is 0 Å². The smallest absolute Gasteiger partial charge is 0.254 e. The van der Waals surface area contributed by atoms with E-state index in [2.05, 4.69) is 35.4 Å². The number of ketones is 1. The number of aromatic amines is 1. The number of aromatic hydroxyl groups is 1. The van der Waals surface area contributed by atoms with Gasteiger partial charge in [-0.25, -0.2) is 0 Å². The largest absolute Gasteiger partial charge is 0.506 e. The molecule has 1 saturated heterocycles. The summed E-state index contributed by atoms with van der Waals surface area (Å²) in [5.74, 6) is 3.54. The fourth-order valence-corrected chi connectivity index (χ4v) is 21.8. The van der Waals surface area contributed by atoms with E-state index in [0.717, 1.165) is 120 Å². The van der Waals surface area contributed by atoms with Gasteiger partial charge in [0.1, 0.15) is 41.7 Å². The van der Waals surface area contributed by atoms with Gasteiger partial charge in [-0.3, -0.25) is 9.59 Å². The summed E-state index contributed by atoms with van der Waals surface area (Å²) >= 11 is 0. The summed E-state index contributed by atoms with van der Waals surface area (Å²) in [5.41, 5.74) is 9.57. The molecule has 8 bridgehead atoms. The maximum Gasteiger partial charge on any atom is 0.254 e. The van der Waals surface area contributed by atoms with Crippen LogP contribution >= 0.6 is 0 Å². The lowest BCUT2D eigenvalue weighted by Crippen LogP contribution is -2.70. The molecule has 14 heteroatoms. The third-order valence-electron chi connectivity index (χ3n) is 25.4. The zero-order valence-electron chi connectivity index (χ0n) is 49.7. The quantitative estimate of drug-likeness (QED) is 0.0936. The second kappa shape index (κ2) is 18.9. The molecule has 5 saturated carbocycles. The van der Waals surface area contributed by atoms with Gasteiger partial charge in [-0.1, -0.05) is 55.9 Å². The number of Topliss-reactive ketones (excluding diaryl/α,β-unsaturated/α-hetero) is 1. The first kappa shape index (κ1) is 53.8. The molecule has 13 aliphatic rings. The number of carbonyl (C=O) groups is 2. The Morgan fingerprint density at radius 3 is 2.61 bits per heavy atom. The van der Waals surface area contributed by atoms with Crippen LogP contribution in [0.2, 0.25) is 0 Å². The van der Waals surface area contributed by atoms with Crippen molar-refractivity contribution in [3.63, 3.8) is 0 Å². The van der Waals surface area contributed by atoms with Crippen LogP contribution in [0.5, 0.6) is 17.2 Å². The van der Waals surface area contributed by atoms with Crippen LogP contribution in [0.3, 0.4) is 0 Å². The van der Waals surface area contributed by atoms with E-state index in [0.29, 0.717) is 52.4 Å². The molecule has 18 rings (SSSR count). The second-order valence-corrected chi connectivity index (χ2v) is 29.6. The molecule has 9 aliphatic carbocycles. The summed E-state index contributed by atoms with van der Waals surface area (Å²) in [4.78, 5) is 35.4. The third kappa shape index (κ3) is 7.44. The number of fused-ring (bicyclic) bond motifs is 10. The first-order valence-corrected chi connectivity index (χ1v) is 33.0. The number of H-pyrrole nitrogens is 1. The highest BCUT2D eigenvalue weighted by atomic mass is 16.7. The standard InChI is InChI=1S/C73H78N2O12/c1-83-64-46-15-14-40-26-39-9-5-12-44(39)57-55(40)58(46)60-63(79)59(57)52(77)33-75-32-50-38(8-4-13-45(50)67(75)80)10-7-25-84-66-62(78)54-34-85-53(17-16-47(64)65(60)87-68(86-54)73(66,82)37-76)49-31-74-51-27-41-18-22-71-36-72(81)21-6-11-42(72)28-43(71)29-70(30-48(56(49)51)61(41)71)24-23-69(35-70)19-2-3-20-69/h4,8,13,16-17,26-27,31,39,42-44,53-54,62,66,68,74,76,78-79,81-82H,2-3,5-6,9-12,14-15,18-24,28-30,32-37H2,1H3/b17-16+/t39-,42-,43-,44-,53+,54+,62+,66-,68+,70+,71+,72-,73+/m0/s1. The fraction of sp³-hybridized carbons (Fsp3) is 0.562. The van der Waals surface area contributed by atoms with Crippen molar-refractivity contribution in [3.05, 3.63) is 109 Å². The summed E-state index contributed by atoms with van der Waals surface area (Å²) in [5, 5.41) is 65.7. The van der Waals surface area contributed by atoms with E-state index in [-0.39, 0.29) is 77.1 Å². The van der Waals surface area contributed by atoms with E-state index >= 15 is 4.79 Å². The van der Waals surface area contributed by atoms with Gasteiger partial charge < -0.3 is 59.1 Å². The number of phenols is 1. The van der Waals surface area contributed by atoms with Crippen LogP contribution < -0.4 is 9.47 Å². The van der Waals surface area contributed by atoms with Gasteiger partial charge in [0.25, 0.3) is 5.91 Å². The number of amides is 1. The number of aryl methyl sites for hydroxylation is 2. The molecule has 452 valence electrons. The number of nitrogens with one attached hydrogen (secondary N) is 1. The lowest BCUT2D eigenvalue weighted by atomic mass is 9.54. The number of methoxy groups -OCH3 is 1. The molecule has 4 aliphatic heterocycles. The monoisotopic (exact) mass is 1170 g/mol. The highest BCUT2D eigenvalue weighted by Gasteiger charge is 2.64. The summed E-state index contributed by atoms with van der Waals surface area (Å²) in [6.45, 7) is -1.32. The summed E-state index contributed by atoms with van der Waals surface area (Å²) < 4.78 is 34.2. The molecule has 4 aromatic carbocycles. The topological polar surface area (TPSA) is 200 Å². The lowest BCUT2D eigenvalue weighted by Gasteiger charge is -2.52. The Morgan fingerprint density at radius 1 is 0.874 bits per heavy atom. The van der Waals surface area contributed by atoms with Crippen LogP contribution in [0.1, 0.15) is 204 Å². The molecule has 1 amide bonds. The fourth-order valence-electron chi connectivity index (χ4n) is 21.8. The molecule has 5 heterocycles. The third-order valence-corrected chi connectivity index (χ3v) is 25.4. The van der Waals surface area contributed by atoms with Gasteiger partial charge in [0.2, 0.25) is 6.29 Å². The lowest BCUT2D eigenvalue weighted by molar-refractivity contribution is -0.328. The van der Waals surface area contributed by atoms with Crippen LogP contribution in [0.25, 0.3) is 33.3 Å². The molecule has 0 radical (unpaired) electrons. The SMILES string of the molecule is COc1c2c3c4c(O)c(c5c6c4c1CCC6=C[C@@H]1CCC[C@H]51)C(=O)CN1Cc4c(cccc4C1=O)CC#CO[C@H]1[C@H](O)[C@@H](CO[C@@H](c4c[nH]c5cc6c7c(c45)C[C@@]4(CCC5(CCCC5)C4)C[C@@H]4C[C@@H]5CCC[C@]5(O)C[C@@]74CC6)/C=C/2)O[C@H](O3)[C@@]1(O)CO. The maximum absolute atomic E-state index is 15.7. The number of hydrogen-bond donors (Lipinski definition) is 6. The molecule has 0 unspecified atom stereocenters. The van der Waals surface area contributed by atoms with Gasteiger partial charge >= 0.3 is 0 Å². The van der Waals surface area contributed by atoms with Crippen molar-refractivity contribution < 1.29 is 58.8 Å². The Hall–Kier alpha value is -6.18. The molecular formula is C73H78N2O12. The number of carbonyl (C=O) groups excluding carboxylic acids is 2. The van der Waals surface area contributed by atoms with Crippen molar-refractivity contribution in [2.75, 3.05) is 26.9 Å². The average Bonchev–Trinajstić information content (AvgIpc) is 1.55. The molecule has 1 aromatic heterocycles. The Bertz CT molecular complexity index is 3990. The number of hydrogen-bond acceptors (Lipinski definition) is 12. The normalized spacial score (nSPS) is 36.6. The molecule has 5 aromatic rings. The van der Waals surface area contributed by atoms with E-state index in [1.54, 1.807) is 24.1 Å². The summed E-state index contributed by atoms with van der Waals surface area (Å²) in [6, 6.07) is 7.84. The number of benzene rings is 4. The summed E-state index contributed by atoms with van der Waals surface area (Å²) in [7, 11) is 1.63. The number of rotatable bonds is 3. The number of aliphatic hydroxyl groups is 4. The predicted molar refractivity (Wildman–Crippen MR) is 324 cm³/mol. The number of nitrogens with zero attached hydrogens (tertiary/aromatic N) is 1. The Balaban J connectivity index is 0.872. The molecule has 6 fully saturated rings. The molecular weight excluding hydrogens is 1100 g/mol. The Kier molecular flexibility index (Phi) is 11.7.